The summed E-state index contributed by atoms with van der Waals surface area (Å²) < 4.78 is 2.41. The minimum Gasteiger partial charge on any atom is -0.310 e. The van der Waals surface area contributed by atoms with E-state index in [-0.39, 0.29) is 0 Å². The number of aromatic nitrogens is 1. The van der Waals surface area contributed by atoms with E-state index in [1.807, 2.05) is 13.8 Å². The number of hydrogen-bond acceptors (Lipinski definition) is 1. The molecule has 2 nitrogen and oxygen atoms in total. The van der Waals surface area contributed by atoms with E-state index < -0.39 is 5.41 Å². The van der Waals surface area contributed by atoms with Gasteiger partial charge in [-0.15, -0.1) is 0 Å². The molecule has 2 aliphatic rings. The number of aryl methyl sites for hydroxylation is 1. The van der Waals surface area contributed by atoms with Crippen molar-refractivity contribution in [3.05, 3.63) is 264 Å². The zero-order valence-corrected chi connectivity index (χ0v) is 37.4. The van der Waals surface area contributed by atoms with Gasteiger partial charge in [0.25, 0.3) is 0 Å². The summed E-state index contributed by atoms with van der Waals surface area (Å²) in [6.45, 7) is 6.15. The predicted molar refractivity (Wildman–Crippen MR) is 279 cm³/mol. The summed E-state index contributed by atoms with van der Waals surface area (Å²) >= 11 is 0. The molecule has 0 saturated heterocycles. The molecule has 0 N–H and O–H groups in total. The number of benzene rings is 10. The van der Waals surface area contributed by atoms with Gasteiger partial charge in [-0.25, -0.2) is 0 Å². The Hall–Kier alpha value is -8.20. The van der Waals surface area contributed by atoms with Gasteiger partial charge in [-0.05, 0) is 146 Å². The molecule has 0 radical (unpaired) electrons. The zero-order chi connectivity index (χ0) is 44.4. The van der Waals surface area contributed by atoms with Crippen molar-refractivity contribution in [2.45, 2.75) is 26.2 Å². The average molecular weight is 845 g/mol. The van der Waals surface area contributed by atoms with Crippen LogP contribution >= 0.6 is 0 Å². The number of nitrogens with zero attached hydrogens (tertiary/aromatic N) is 2. The second-order valence-corrected chi connectivity index (χ2v) is 17.3. The summed E-state index contributed by atoms with van der Waals surface area (Å²) in [4.78, 5) is 2.41. The fourth-order valence-electron chi connectivity index (χ4n) is 11.0. The van der Waals surface area contributed by atoms with Crippen LogP contribution in [0.1, 0.15) is 41.7 Å². The highest BCUT2D eigenvalue weighted by molar-refractivity contribution is 6.10. The molecule has 1 aromatic heterocycles. The van der Waals surface area contributed by atoms with Crippen molar-refractivity contribution in [2.75, 3.05) is 4.90 Å². The highest BCUT2D eigenvalue weighted by Gasteiger charge is 2.52. The van der Waals surface area contributed by atoms with Gasteiger partial charge in [0.15, 0.2) is 0 Å². The van der Waals surface area contributed by atoms with Crippen LogP contribution < -0.4 is 4.90 Å². The second kappa shape index (κ2) is 15.8. The van der Waals surface area contributed by atoms with Gasteiger partial charge < -0.3 is 9.47 Å². The van der Waals surface area contributed by atoms with Crippen LogP contribution in [0.2, 0.25) is 0 Å². The van der Waals surface area contributed by atoms with Gasteiger partial charge in [0, 0.05) is 33.5 Å². The summed E-state index contributed by atoms with van der Waals surface area (Å²) in [5.74, 6) is 0. The Morgan fingerprint density at radius 2 is 0.818 bits per heavy atom. The van der Waals surface area contributed by atoms with E-state index in [4.69, 9.17) is 0 Å². The third-order valence-corrected chi connectivity index (χ3v) is 13.9. The third kappa shape index (κ3) is 5.95. The van der Waals surface area contributed by atoms with Crippen LogP contribution in [0.25, 0.3) is 72.0 Å². The monoisotopic (exact) mass is 844 g/mol. The molecule has 0 fully saturated rings. The zero-order valence-electron chi connectivity index (χ0n) is 37.4. The maximum atomic E-state index is 2.51. The van der Waals surface area contributed by atoms with Gasteiger partial charge in [-0.2, -0.15) is 0 Å². The minimum absolute atomic E-state index is 0.519. The maximum absolute atomic E-state index is 2.51. The molecule has 0 amide bonds. The van der Waals surface area contributed by atoms with Crippen LogP contribution in [0.4, 0.5) is 17.1 Å². The average Bonchev–Trinajstić information content (AvgIpc) is 3.99. The lowest BCUT2D eigenvalue weighted by Crippen LogP contribution is -2.26. The number of para-hydroxylation sites is 2. The number of fused-ring (bicyclic) bond motifs is 13. The van der Waals surface area contributed by atoms with Crippen molar-refractivity contribution < 1.29 is 0 Å². The second-order valence-electron chi connectivity index (χ2n) is 17.3. The Balaban J connectivity index is 0.00000225. The Kier molecular flexibility index (Phi) is 9.43. The normalized spacial score (nSPS) is 12.6. The summed E-state index contributed by atoms with van der Waals surface area (Å²) in [6, 6.07) is 87.8. The molecule has 0 saturated carbocycles. The number of rotatable bonds is 6. The molecular weight excluding hydrogens is 797 g/mol. The maximum Gasteiger partial charge on any atom is 0.0726 e. The van der Waals surface area contributed by atoms with E-state index in [2.05, 4.69) is 253 Å². The van der Waals surface area contributed by atoms with Crippen molar-refractivity contribution in [3.8, 4) is 50.2 Å². The largest absolute Gasteiger partial charge is 0.310 e. The molecular formula is C64H48N2. The van der Waals surface area contributed by atoms with E-state index >= 15 is 0 Å². The van der Waals surface area contributed by atoms with Crippen LogP contribution in [-0.2, 0) is 5.41 Å². The molecule has 0 bridgehead atoms. The first-order valence-electron chi connectivity index (χ1n) is 23.3. The SMILES string of the molecule is CC.Cc1ccc(-n2c3ccccc3c3cc(-c4ccc5c(c4)C4(c6ccccc6-c6ccccc64)c4cc(N(c6ccccc6)c6ccc(-c7ccccc7)cc6)ccc4-5)ccc32)cc1. The lowest BCUT2D eigenvalue weighted by Gasteiger charge is -2.32. The van der Waals surface area contributed by atoms with Crippen LogP contribution in [-0.4, -0.2) is 4.57 Å². The highest BCUT2D eigenvalue weighted by atomic mass is 15.1. The molecule has 0 atom stereocenters. The van der Waals surface area contributed by atoms with Crippen molar-refractivity contribution in [1.82, 2.24) is 4.57 Å². The Labute approximate surface area is 387 Å². The van der Waals surface area contributed by atoms with Crippen molar-refractivity contribution in [1.29, 1.82) is 0 Å². The molecule has 10 aromatic carbocycles. The molecule has 2 aliphatic carbocycles. The molecule has 1 spiro atoms. The minimum atomic E-state index is -0.519. The van der Waals surface area contributed by atoms with Crippen LogP contribution in [0.15, 0.2) is 237 Å². The fourth-order valence-corrected chi connectivity index (χ4v) is 11.0. The Morgan fingerprint density at radius 1 is 0.333 bits per heavy atom. The number of anilines is 3. The van der Waals surface area contributed by atoms with E-state index in [9.17, 15) is 0 Å². The van der Waals surface area contributed by atoms with Gasteiger partial charge in [0.1, 0.15) is 0 Å². The van der Waals surface area contributed by atoms with Crippen LogP contribution in [0.3, 0.4) is 0 Å². The smallest absolute Gasteiger partial charge is 0.0726 e. The Morgan fingerprint density at radius 3 is 1.53 bits per heavy atom. The molecule has 66 heavy (non-hydrogen) atoms. The summed E-state index contributed by atoms with van der Waals surface area (Å²) in [7, 11) is 0. The topological polar surface area (TPSA) is 8.17 Å². The molecule has 0 aliphatic heterocycles. The Bertz CT molecular complexity index is 3550. The van der Waals surface area contributed by atoms with E-state index in [0.29, 0.717) is 0 Å². The van der Waals surface area contributed by atoms with E-state index in [1.54, 1.807) is 0 Å². The molecule has 2 heteroatoms. The molecule has 13 rings (SSSR count). The van der Waals surface area contributed by atoms with E-state index in [1.165, 1.54) is 99.8 Å². The fraction of sp³-hybridized carbons (Fsp3) is 0.0625. The van der Waals surface area contributed by atoms with Gasteiger partial charge >= 0.3 is 0 Å². The standard InChI is InChI=1S/C62H42N2.C2H6/c1-41-24-30-48(31-25-41)64-60-23-13-10-20-54(60)55-38-44(29-37-61(55)64)45-28-35-52-53-36-34-49(63(46-16-6-3-7-17-46)47-32-26-43(27-33-47)42-14-4-2-5-15-42)40-59(53)62(58(52)39-45)56-21-11-8-18-50(56)51-19-9-12-22-57(51)62;1-2/h2-40H,1H3;1-2H3. The van der Waals surface area contributed by atoms with Gasteiger partial charge in [-0.1, -0.05) is 183 Å². The quantitative estimate of drug-likeness (QED) is 0.162. The van der Waals surface area contributed by atoms with Gasteiger partial charge in [-0.3, -0.25) is 0 Å². The first-order valence-corrected chi connectivity index (χ1v) is 23.3. The third-order valence-electron chi connectivity index (χ3n) is 13.9. The van der Waals surface area contributed by atoms with Crippen molar-refractivity contribution in [2.24, 2.45) is 0 Å². The summed E-state index contributed by atoms with van der Waals surface area (Å²) in [5, 5.41) is 2.51. The molecule has 1 heterocycles. The highest BCUT2D eigenvalue weighted by Crippen LogP contribution is 2.64. The van der Waals surface area contributed by atoms with Gasteiger partial charge in [0.05, 0.1) is 16.4 Å². The lowest BCUT2D eigenvalue weighted by atomic mass is 9.70. The van der Waals surface area contributed by atoms with Gasteiger partial charge in [0.2, 0.25) is 0 Å². The van der Waals surface area contributed by atoms with Crippen molar-refractivity contribution in [3.63, 3.8) is 0 Å². The summed E-state index contributed by atoms with van der Waals surface area (Å²) in [6.07, 6.45) is 0. The van der Waals surface area contributed by atoms with Crippen LogP contribution in [0.5, 0.6) is 0 Å². The lowest BCUT2D eigenvalue weighted by molar-refractivity contribution is 0.794. The molecule has 0 unspecified atom stereocenters. The first-order chi connectivity index (χ1) is 32.6. The van der Waals surface area contributed by atoms with Crippen LogP contribution in [0, 0.1) is 6.92 Å². The number of hydrogen-bond donors (Lipinski definition) is 0. The first kappa shape index (κ1) is 39.4. The molecule has 11 aromatic rings. The van der Waals surface area contributed by atoms with E-state index in [0.717, 1.165) is 17.1 Å². The van der Waals surface area contributed by atoms with Crippen molar-refractivity contribution >= 4 is 38.9 Å². The summed E-state index contributed by atoms with van der Waals surface area (Å²) in [5.41, 5.74) is 23.0. The predicted octanol–water partition coefficient (Wildman–Crippen LogP) is 17.3. The molecule has 314 valence electrons.